The molecule has 4 aromatic rings. The zero-order chi connectivity index (χ0) is 35.5. The second-order valence-corrected chi connectivity index (χ2v) is 7.85. The zero-order valence-corrected chi connectivity index (χ0v) is 30.9. The van der Waals surface area contributed by atoms with Crippen molar-refractivity contribution in [1.29, 1.82) is 5.26 Å². The molecule has 0 aliphatic carbocycles. The molecule has 17 heteroatoms. The van der Waals surface area contributed by atoms with E-state index in [1.165, 1.54) is 58.4 Å². The standard InChI is InChI=1S/2C14H13N3O3.C2H3N.2CH4O.ClH.Y/c2*1-20-12-4-2-3-11(13(12)18)9-16-17-14(19)10-5-7-15-8-6-10;1-2-3;2*1-2;;/h2*2-9,18H,1H3,(H,17,19);1H3;2*2H,1H3;1H;/q;;;;;;+3/p-3/b2*16-9+;;;;;. The van der Waals surface area contributed by atoms with Gasteiger partial charge in [0.1, 0.15) is 11.5 Å². The zero-order valence-electron chi connectivity index (χ0n) is 27.3. The number of aliphatic hydroxyl groups is 2. The molecule has 15 nitrogen and oxygen atoms in total. The molecule has 49 heavy (non-hydrogen) atoms. The first kappa shape index (κ1) is 48.4. The van der Waals surface area contributed by atoms with Crippen molar-refractivity contribution >= 4 is 24.2 Å². The number of carbonyl (C=O) groups excluding carboxylic acids is 2. The number of aromatic nitrogens is 2. The third-order valence-corrected chi connectivity index (χ3v) is 5.08. The Labute approximate surface area is 315 Å². The third kappa shape index (κ3) is 18.2. The Kier molecular flexibility index (Phi) is 30.0. The maximum absolute atomic E-state index is 11.8. The minimum Gasteiger partial charge on any atom is -1.00 e. The molecule has 2 amide bonds. The van der Waals surface area contributed by atoms with E-state index in [0.29, 0.717) is 22.3 Å². The van der Waals surface area contributed by atoms with Crippen molar-refractivity contribution in [2.24, 2.45) is 10.2 Å². The number of pyridine rings is 2. The van der Waals surface area contributed by atoms with Crippen LogP contribution in [0, 0.1) is 11.3 Å². The number of rotatable bonds is 8. The van der Waals surface area contributed by atoms with Crippen molar-refractivity contribution in [2.75, 3.05) is 28.4 Å². The molecular weight excluding hydrogens is 735 g/mol. The summed E-state index contributed by atoms with van der Waals surface area (Å²) in [4.78, 5) is 31.0. The number of para-hydroxylation sites is 2. The summed E-state index contributed by atoms with van der Waals surface area (Å²) < 4.78 is 9.83. The predicted octanol–water partition coefficient (Wildman–Crippen LogP) is -1.40. The van der Waals surface area contributed by atoms with Gasteiger partial charge in [-0.05, 0) is 47.5 Å². The minimum absolute atomic E-state index is 0. The van der Waals surface area contributed by atoms with E-state index in [-0.39, 0.29) is 79.9 Å². The fourth-order valence-corrected chi connectivity index (χ4v) is 3.05. The molecule has 4 rings (SSSR count). The normalized spacial score (nSPS) is 8.94. The minimum atomic E-state index is -0.376. The molecule has 0 saturated heterocycles. The Morgan fingerprint density at radius 3 is 1.33 bits per heavy atom. The van der Waals surface area contributed by atoms with Crippen LogP contribution in [-0.2, 0) is 32.7 Å². The monoisotopic (exact) mass is 769 g/mol. The number of carbonyl (C=O) groups is 2. The van der Waals surface area contributed by atoms with E-state index in [9.17, 15) is 19.8 Å². The number of benzene rings is 2. The first-order valence-corrected chi connectivity index (χ1v) is 13.2. The predicted molar refractivity (Wildman–Crippen MR) is 171 cm³/mol. The van der Waals surface area contributed by atoms with E-state index >= 15 is 0 Å². The van der Waals surface area contributed by atoms with Crippen molar-refractivity contribution in [1.82, 2.24) is 20.8 Å². The van der Waals surface area contributed by atoms with E-state index in [2.05, 4.69) is 31.0 Å². The molecular formula is C32H35ClN7O8Y. The quantitative estimate of drug-likeness (QED) is 0.120. The van der Waals surface area contributed by atoms with Crippen LogP contribution >= 0.6 is 0 Å². The molecule has 256 valence electrons. The molecule has 0 spiro atoms. The first-order chi connectivity index (χ1) is 22.9. The molecule has 0 atom stereocenters. The van der Waals surface area contributed by atoms with Crippen LogP contribution in [0.2, 0.25) is 0 Å². The van der Waals surface area contributed by atoms with Gasteiger partial charge in [-0.3, -0.25) is 19.6 Å². The maximum Gasteiger partial charge on any atom is 3.00 e. The van der Waals surface area contributed by atoms with E-state index in [4.69, 9.17) is 24.9 Å². The number of methoxy groups -OCH3 is 2. The van der Waals surface area contributed by atoms with Gasteiger partial charge in [-0.15, -0.1) is 0 Å². The maximum atomic E-state index is 11.8. The number of nitrogens with one attached hydrogen (secondary N) is 2. The van der Waals surface area contributed by atoms with Crippen LogP contribution in [-0.4, -0.2) is 72.9 Å². The number of hydrogen-bond acceptors (Lipinski definition) is 13. The van der Waals surface area contributed by atoms with Crippen LogP contribution in [0.25, 0.3) is 0 Å². The number of hydrogen-bond donors (Lipinski definition) is 4. The fourth-order valence-electron chi connectivity index (χ4n) is 3.05. The summed E-state index contributed by atoms with van der Waals surface area (Å²) in [6, 6.07) is 17.7. The number of ether oxygens (including phenoxy) is 2. The number of amides is 2. The van der Waals surface area contributed by atoms with Crippen LogP contribution in [0.1, 0.15) is 38.8 Å². The molecule has 0 saturated carbocycles. The van der Waals surface area contributed by atoms with Crippen LogP contribution in [0.3, 0.4) is 0 Å². The van der Waals surface area contributed by atoms with Gasteiger partial charge in [-0.1, -0.05) is 35.8 Å². The van der Waals surface area contributed by atoms with Gasteiger partial charge in [0, 0.05) is 57.1 Å². The molecule has 0 bridgehead atoms. The number of nitrogens with zero attached hydrogens (tertiary/aromatic N) is 5. The summed E-state index contributed by atoms with van der Waals surface area (Å²) >= 11 is 0. The SMILES string of the molecule is CC#N.CO.CO.COc1cccc(/C=N/NC(=O)c2ccncc2)c1[O-].COc1cccc(/C=N/NC(=O)c2ccncc2)c1[O-].[Cl-].[Y+3]. The van der Waals surface area contributed by atoms with Crippen LogP contribution in [0.15, 0.2) is 95.7 Å². The summed E-state index contributed by atoms with van der Waals surface area (Å²) in [5, 5.41) is 52.4. The van der Waals surface area contributed by atoms with Crippen molar-refractivity contribution < 1.29 is 84.6 Å². The fraction of sp³-hybridized carbons (Fsp3) is 0.156. The van der Waals surface area contributed by atoms with Gasteiger partial charge >= 0.3 is 32.7 Å². The molecule has 0 unspecified atom stereocenters. The second-order valence-electron chi connectivity index (χ2n) is 7.85. The summed E-state index contributed by atoms with van der Waals surface area (Å²) in [6.45, 7) is 1.43. The first-order valence-electron chi connectivity index (χ1n) is 13.2. The van der Waals surface area contributed by atoms with E-state index in [1.54, 1.807) is 66.7 Å². The summed E-state index contributed by atoms with van der Waals surface area (Å²) in [5.74, 6) is -0.851. The van der Waals surface area contributed by atoms with Gasteiger partial charge in [0.05, 0.1) is 32.7 Å². The molecule has 0 radical (unpaired) electrons. The Morgan fingerprint density at radius 1 is 0.735 bits per heavy atom. The molecule has 0 aliphatic heterocycles. The van der Waals surface area contributed by atoms with Crippen molar-refractivity contribution in [2.45, 2.75) is 6.92 Å². The molecule has 2 aromatic carbocycles. The molecule has 2 heterocycles. The molecule has 0 fully saturated rings. The smallest absolute Gasteiger partial charge is 1.00 e. The van der Waals surface area contributed by atoms with E-state index in [0.717, 1.165) is 14.2 Å². The van der Waals surface area contributed by atoms with Gasteiger partial charge in [-0.2, -0.15) is 15.5 Å². The number of hydrazone groups is 2. The largest absolute Gasteiger partial charge is 3.00 e. The molecule has 0 aliphatic rings. The summed E-state index contributed by atoms with van der Waals surface area (Å²) in [5.41, 5.74) is 6.21. The second kappa shape index (κ2) is 30.4. The Morgan fingerprint density at radius 2 is 1.04 bits per heavy atom. The third-order valence-electron chi connectivity index (χ3n) is 5.08. The average Bonchev–Trinajstić information content (AvgIpc) is 3.12. The van der Waals surface area contributed by atoms with E-state index < -0.39 is 0 Å². The van der Waals surface area contributed by atoms with Crippen LogP contribution in [0.4, 0.5) is 0 Å². The summed E-state index contributed by atoms with van der Waals surface area (Å²) in [6.07, 6.45) is 8.60. The van der Waals surface area contributed by atoms with Crippen molar-refractivity contribution in [3.05, 3.63) is 108 Å². The van der Waals surface area contributed by atoms with Crippen LogP contribution in [0.5, 0.6) is 23.0 Å². The van der Waals surface area contributed by atoms with Gasteiger partial charge in [0.25, 0.3) is 11.8 Å². The number of halogens is 1. The van der Waals surface area contributed by atoms with E-state index in [1.807, 2.05) is 0 Å². The van der Waals surface area contributed by atoms with Gasteiger partial charge < -0.3 is 42.3 Å². The average molecular weight is 770 g/mol. The number of aliphatic hydroxyl groups excluding tert-OH is 2. The van der Waals surface area contributed by atoms with Crippen molar-refractivity contribution in [3.63, 3.8) is 0 Å². The Hall–Kier alpha value is -4.98. The van der Waals surface area contributed by atoms with Gasteiger partial charge in [0.2, 0.25) is 0 Å². The van der Waals surface area contributed by atoms with Crippen LogP contribution < -0.4 is 42.9 Å². The Bertz CT molecular complexity index is 1480. The van der Waals surface area contributed by atoms with Gasteiger partial charge in [-0.25, -0.2) is 10.9 Å². The molecule has 4 N–H and O–H groups in total. The summed E-state index contributed by atoms with van der Waals surface area (Å²) in [7, 11) is 4.84. The topological polar surface area (TPSA) is 238 Å². The van der Waals surface area contributed by atoms with Gasteiger partial charge in [0.15, 0.2) is 0 Å². The van der Waals surface area contributed by atoms with Crippen molar-refractivity contribution in [3.8, 4) is 29.1 Å². The molecule has 2 aromatic heterocycles. The number of nitriles is 1. The Balaban J connectivity index is -0.000000706.